The zero-order valence-electron chi connectivity index (χ0n) is 10.7. The van der Waals surface area contributed by atoms with Crippen LogP contribution >= 0.6 is 0 Å². The molecule has 3 nitrogen and oxygen atoms in total. The maximum atomic E-state index is 11.3. The van der Waals surface area contributed by atoms with Gasteiger partial charge in [-0.1, -0.05) is 25.0 Å². The number of aromatic nitrogens is 1. The van der Waals surface area contributed by atoms with Gasteiger partial charge in [0.1, 0.15) is 5.69 Å². The monoisotopic (exact) mass is 250 g/mol. The molecule has 1 amide bonds. The number of pyridine rings is 1. The summed E-state index contributed by atoms with van der Waals surface area (Å²) in [5.41, 5.74) is 2.34. The van der Waals surface area contributed by atoms with Crippen molar-refractivity contribution in [3.05, 3.63) is 59.9 Å². The highest BCUT2D eigenvalue weighted by molar-refractivity contribution is 5.90. The lowest BCUT2D eigenvalue weighted by Crippen LogP contribution is -2.09. The van der Waals surface area contributed by atoms with E-state index in [1.54, 1.807) is 6.20 Å². The number of hydrogen-bond acceptors (Lipinski definition) is 2. The molecule has 19 heavy (non-hydrogen) atoms. The summed E-state index contributed by atoms with van der Waals surface area (Å²) in [4.78, 5) is 15.4. The number of nitrogens with zero attached hydrogens (tertiary/aromatic N) is 1. The predicted octanol–water partition coefficient (Wildman–Crippen LogP) is 2.83. The van der Waals surface area contributed by atoms with Crippen LogP contribution in [0.2, 0.25) is 0 Å². The number of anilines is 1. The Bertz CT molecular complexity index is 624. The SMILES string of the molecule is CCC(=O)Nc1cccc(C#Cc2ccccn2)c1. The Kier molecular flexibility index (Phi) is 4.30. The van der Waals surface area contributed by atoms with Crippen molar-refractivity contribution in [2.45, 2.75) is 13.3 Å². The lowest BCUT2D eigenvalue weighted by atomic mass is 10.2. The molecule has 1 heterocycles. The summed E-state index contributed by atoms with van der Waals surface area (Å²) in [5, 5.41) is 2.81. The summed E-state index contributed by atoms with van der Waals surface area (Å²) in [6.45, 7) is 1.82. The maximum absolute atomic E-state index is 11.3. The molecule has 94 valence electrons. The Labute approximate surface area is 112 Å². The van der Waals surface area contributed by atoms with Crippen LogP contribution in [0.4, 0.5) is 5.69 Å². The van der Waals surface area contributed by atoms with Gasteiger partial charge >= 0.3 is 0 Å². The Hall–Kier alpha value is -2.60. The van der Waals surface area contributed by atoms with Crippen LogP contribution in [0, 0.1) is 11.8 Å². The Morgan fingerprint density at radius 3 is 2.84 bits per heavy atom. The van der Waals surface area contributed by atoms with E-state index in [1.807, 2.05) is 49.4 Å². The van der Waals surface area contributed by atoms with Crippen LogP contribution in [0.3, 0.4) is 0 Å². The molecule has 0 saturated carbocycles. The van der Waals surface area contributed by atoms with E-state index in [4.69, 9.17) is 0 Å². The van der Waals surface area contributed by atoms with E-state index >= 15 is 0 Å². The second-order valence-electron chi connectivity index (χ2n) is 3.95. The zero-order valence-corrected chi connectivity index (χ0v) is 10.7. The average molecular weight is 250 g/mol. The first-order valence-corrected chi connectivity index (χ1v) is 6.11. The fraction of sp³-hybridized carbons (Fsp3) is 0.125. The second kappa shape index (κ2) is 6.36. The van der Waals surface area contributed by atoms with Gasteiger partial charge < -0.3 is 5.32 Å². The molecule has 1 aromatic carbocycles. The fourth-order valence-electron chi connectivity index (χ4n) is 1.50. The number of amides is 1. The van der Waals surface area contributed by atoms with Crippen molar-refractivity contribution in [3.8, 4) is 11.8 Å². The molecule has 0 bridgehead atoms. The highest BCUT2D eigenvalue weighted by atomic mass is 16.1. The van der Waals surface area contributed by atoms with Crippen molar-refractivity contribution in [3.63, 3.8) is 0 Å². The quantitative estimate of drug-likeness (QED) is 0.833. The van der Waals surface area contributed by atoms with Crippen molar-refractivity contribution in [2.75, 3.05) is 5.32 Å². The lowest BCUT2D eigenvalue weighted by molar-refractivity contribution is -0.115. The molecule has 2 aromatic rings. The molecular weight excluding hydrogens is 236 g/mol. The van der Waals surface area contributed by atoms with Crippen molar-refractivity contribution in [2.24, 2.45) is 0 Å². The van der Waals surface area contributed by atoms with Gasteiger partial charge in [0, 0.05) is 23.9 Å². The first kappa shape index (κ1) is 12.8. The van der Waals surface area contributed by atoms with Crippen molar-refractivity contribution < 1.29 is 4.79 Å². The summed E-state index contributed by atoms with van der Waals surface area (Å²) in [5.74, 6) is 6.01. The molecule has 0 unspecified atom stereocenters. The standard InChI is InChI=1S/C16H14N2O/c1-2-16(19)18-15-8-5-6-13(12-15)9-10-14-7-3-4-11-17-14/h3-8,11-12H,2H2,1H3,(H,18,19). The van der Waals surface area contributed by atoms with E-state index in [0.29, 0.717) is 6.42 Å². The normalized spacial score (nSPS) is 9.32. The predicted molar refractivity (Wildman–Crippen MR) is 75.6 cm³/mol. The van der Waals surface area contributed by atoms with Gasteiger partial charge in [-0.15, -0.1) is 0 Å². The Morgan fingerprint density at radius 2 is 2.11 bits per heavy atom. The molecule has 0 aliphatic heterocycles. The summed E-state index contributed by atoms with van der Waals surface area (Å²) in [6.07, 6.45) is 2.17. The first-order chi connectivity index (χ1) is 9.28. The minimum absolute atomic E-state index is 0.00478. The summed E-state index contributed by atoms with van der Waals surface area (Å²) in [7, 11) is 0. The number of carbonyl (C=O) groups is 1. The maximum Gasteiger partial charge on any atom is 0.224 e. The molecule has 0 aliphatic rings. The van der Waals surface area contributed by atoms with Gasteiger partial charge in [-0.25, -0.2) is 4.98 Å². The minimum atomic E-state index is -0.00478. The Balaban J connectivity index is 2.16. The lowest BCUT2D eigenvalue weighted by Gasteiger charge is -2.03. The molecule has 1 aromatic heterocycles. The Morgan fingerprint density at radius 1 is 1.21 bits per heavy atom. The molecule has 0 radical (unpaired) electrons. The van der Waals surface area contributed by atoms with Gasteiger partial charge in [-0.3, -0.25) is 4.79 Å². The van der Waals surface area contributed by atoms with Gasteiger partial charge in [0.15, 0.2) is 0 Å². The minimum Gasteiger partial charge on any atom is -0.326 e. The van der Waals surface area contributed by atoms with Crippen LogP contribution in [0.25, 0.3) is 0 Å². The van der Waals surface area contributed by atoms with E-state index < -0.39 is 0 Å². The van der Waals surface area contributed by atoms with Crippen LogP contribution in [-0.4, -0.2) is 10.9 Å². The van der Waals surface area contributed by atoms with Crippen LogP contribution in [-0.2, 0) is 4.79 Å². The molecule has 0 saturated heterocycles. The largest absolute Gasteiger partial charge is 0.326 e. The van der Waals surface area contributed by atoms with E-state index in [1.165, 1.54) is 0 Å². The smallest absolute Gasteiger partial charge is 0.224 e. The van der Waals surface area contributed by atoms with E-state index in [-0.39, 0.29) is 5.91 Å². The molecule has 0 atom stereocenters. The number of benzene rings is 1. The fourth-order valence-corrected chi connectivity index (χ4v) is 1.50. The molecular formula is C16H14N2O. The van der Waals surface area contributed by atoms with Gasteiger partial charge in [0.2, 0.25) is 5.91 Å². The average Bonchev–Trinajstić information content (AvgIpc) is 2.46. The summed E-state index contributed by atoms with van der Waals surface area (Å²) >= 11 is 0. The molecule has 1 N–H and O–H groups in total. The number of carbonyl (C=O) groups excluding carboxylic acids is 1. The third kappa shape index (κ3) is 3.97. The van der Waals surface area contributed by atoms with Crippen LogP contribution < -0.4 is 5.32 Å². The summed E-state index contributed by atoms with van der Waals surface area (Å²) < 4.78 is 0. The second-order valence-corrected chi connectivity index (χ2v) is 3.95. The highest BCUT2D eigenvalue weighted by Gasteiger charge is 1.98. The van der Waals surface area contributed by atoms with E-state index in [9.17, 15) is 4.79 Å². The number of hydrogen-bond donors (Lipinski definition) is 1. The van der Waals surface area contributed by atoms with E-state index in [2.05, 4.69) is 22.1 Å². The molecule has 0 spiro atoms. The highest BCUT2D eigenvalue weighted by Crippen LogP contribution is 2.10. The van der Waals surface area contributed by atoms with Gasteiger partial charge in [0.05, 0.1) is 0 Å². The third-order valence-electron chi connectivity index (χ3n) is 2.47. The van der Waals surface area contributed by atoms with Gasteiger partial charge in [-0.2, -0.15) is 0 Å². The molecule has 0 aliphatic carbocycles. The zero-order chi connectivity index (χ0) is 13.5. The molecule has 2 rings (SSSR count). The van der Waals surface area contributed by atoms with Crippen molar-refractivity contribution in [1.29, 1.82) is 0 Å². The van der Waals surface area contributed by atoms with Crippen LogP contribution in [0.1, 0.15) is 24.6 Å². The van der Waals surface area contributed by atoms with Gasteiger partial charge in [-0.05, 0) is 36.3 Å². The van der Waals surface area contributed by atoms with Crippen molar-refractivity contribution in [1.82, 2.24) is 4.98 Å². The number of rotatable bonds is 2. The first-order valence-electron chi connectivity index (χ1n) is 6.11. The van der Waals surface area contributed by atoms with Crippen molar-refractivity contribution >= 4 is 11.6 Å². The van der Waals surface area contributed by atoms with Crippen LogP contribution in [0.5, 0.6) is 0 Å². The third-order valence-corrected chi connectivity index (χ3v) is 2.47. The van der Waals surface area contributed by atoms with E-state index in [0.717, 1.165) is 16.9 Å². The molecule has 3 heteroatoms. The van der Waals surface area contributed by atoms with Crippen LogP contribution in [0.15, 0.2) is 48.7 Å². The number of nitrogens with one attached hydrogen (secondary N) is 1. The van der Waals surface area contributed by atoms with Gasteiger partial charge in [0.25, 0.3) is 0 Å². The topological polar surface area (TPSA) is 42.0 Å². The molecule has 0 fully saturated rings. The summed E-state index contributed by atoms with van der Waals surface area (Å²) in [6, 6.07) is 13.1.